The van der Waals surface area contributed by atoms with Gasteiger partial charge in [0.15, 0.2) is 0 Å². The lowest BCUT2D eigenvalue weighted by atomic mass is 10.1. The molecule has 8 heteroatoms. The zero-order valence-electron chi connectivity index (χ0n) is 17.5. The Bertz CT molecular complexity index is 1160. The summed E-state index contributed by atoms with van der Waals surface area (Å²) >= 11 is 0. The summed E-state index contributed by atoms with van der Waals surface area (Å²) in [5.41, 5.74) is 2.81. The fourth-order valence-electron chi connectivity index (χ4n) is 3.77. The van der Waals surface area contributed by atoms with Crippen LogP contribution in [0.5, 0.6) is 5.75 Å². The maximum Gasteiger partial charge on any atom is 0.269 e. The van der Waals surface area contributed by atoms with E-state index in [9.17, 15) is 20.0 Å². The number of phenols is 1. The first kappa shape index (κ1) is 21.2. The highest BCUT2D eigenvalue weighted by Crippen LogP contribution is 2.37. The van der Waals surface area contributed by atoms with Crippen LogP contribution in [-0.4, -0.2) is 38.1 Å². The molecule has 1 amide bonds. The lowest BCUT2D eigenvalue weighted by molar-refractivity contribution is -0.384. The zero-order chi connectivity index (χ0) is 22.7. The third kappa shape index (κ3) is 4.35. The third-order valence-corrected chi connectivity index (χ3v) is 5.37. The van der Waals surface area contributed by atoms with E-state index in [0.29, 0.717) is 23.4 Å². The topological polar surface area (TPSA) is 99.3 Å². The molecule has 162 valence electrons. The summed E-state index contributed by atoms with van der Waals surface area (Å²) in [5, 5.41) is 27.4. The van der Waals surface area contributed by atoms with E-state index >= 15 is 0 Å². The number of hydrazone groups is 1. The van der Waals surface area contributed by atoms with Gasteiger partial charge in [-0.1, -0.05) is 48.5 Å². The van der Waals surface area contributed by atoms with Gasteiger partial charge in [-0.15, -0.1) is 0 Å². The SMILES string of the molecule is C/C(=N/N1C(=O)CN(Cc2ccccc2)[C@@H]1c1ccccc1O)c1ccc([N+](=O)[O-])cc1. The van der Waals surface area contributed by atoms with Gasteiger partial charge in [-0.2, -0.15) is 5.10 Å². The van der Waals surface area contributed by atoms with E-state index in [-0.39, 0.29) is 23.9 Å². The molecule has 4 rings (SSSR count). The Kier molecular flexibility index (Phi) is 5.96. The van der Waals surface area contributed by atoms with Crippen molar-refractivity contribution in [2.24, 2.45) is 5.10 Å². The minimum atomic E-state index is -0.586. The number of hydrogen-bond acceptors (Lipinski definition) is 6. The lowest BCUT2D eigenvalue weighted by Gasteiger charge is -2.28. The summed E-state index contributed by atoms with van der Waals surface area (Å²) in [7, 11) is 0. The normalized spacial score (nSPS) is 17.0. The van der Waals surface area contributed by atoms with Crippen LogP contribution in [0.25, 0.3) is 0 Å². The number of carbonyl (C=O) groups is 1. The molecule has 1 N–H and O–H groups in total. The molecular weight excluding hydrogens is 408 g/mol. The van der Waals surface area contributed by atoms with Crippen LogP contribution in [-0.2, 0) is 11.3 Å². The number of aromatic hydroxyl groups is 1. The predicted octanol–water partition coefficient (Wildman–Crippen LogP) is 4.07. The van der Waals surface area contributed by atoms with Crippen LogP contribution in [0.2, 0.25) is 0 Å². The molecule has 3 aromatic carbocycles. The molecule has 0 aromatic heterocycles. The van der Waals surface area contributed by atoms with Gasteiger partial charge in [0.2, 0.25) is 0 Å². The number of nitrogens with zero attached hydrogens (tertiary/aromatic N) is 4. The van der Waals surface area contributed by atoms with Gasteiger partial charge in [0.05, 0.1) is 17.2 Å². The van der Waals surface area contributed by atoms with Gasteiger partial charge < -0.3 is 5.11 Å². The van der Waals surface area contributed by atoms with Gasteiger partial charge in [-0.05, 0) is 36.2 Å². The highest BCUT2D eigenvalue weighted by molar-refractivity contribution is 5.99. The Morgan fingerprint density at radius 2 is 1.72 bits per heavy atom. The van der Waals surface area contributed by atoms with E-state index in [4.69, 9.17) is 0 Å². The summed E-state index contributed by atoms with van der Waals surface area (Å²) in [6, 6.07) is 22.7. The molecule has 1 fully saturated rings. The Hall–Kier alpha value is -4.04. The number of amides is 1. The van der Waals surface area contributed by atoms with Crippen LogP contribution >= 0.6 is 0 Å². The van der Waals surface area contributed by atoms with E-state index in [0.717, 1.165) is 5.56 Å². The number of benzene rings is 3. The molecule has 0 aliphatic carbocycles. The second kappa shape index (κ2) is 8.99. The average molecular weight is 430 g/mol. The first-order chi connectivity index (χ1) is 15.4. The van der Waals surface area contributed by atoms with Gasteiger partial charge in [-0.3, -0.25) is 19.8 Å². The molecular formula is C24H22N4O4. The van der Waals surface area contributed by atoms with Crippen LogP contribution in [0.3, 0.4) is 0 Å². The van der Waals surface area contributed by atoms with Crippen molar-refractivity contribution in [1.82, 2.24) is 9.91 Å². The highest BCUT2D eigenvalue weighted by Gasteiger charge is 2.40. The van der Waals surface area contributed by atoms with Crippen molar-refractivity contribution in [2.45, 2.75) is 19.6 Å². The predicted molar refractivity (Wildman–Crippen MR) is 120 cm³/mol. The first-order valence-corrected chi connectivity index (χ1v) is 10.1. The molecule has 0 radical (unpaired) electrons. The molecule has 1 aliphatic heterocycles. The smallest absolute Gasteiger partial charge is 0.269 e. The quantitative estimate of drug-likeness (QED) is 0.361. The van der Waals surface area contributed by atoms with Crippen molar-refractivity contribution in [3.63, 3.8) is 0 Å². The van der Waals surface area contributed by atoms with E-state index in [1.165, 1.54) is 17.1 Å². The lowest BCUT2D eigenvalue weighted by Crippen LogP contribution is -2.29. The standard InChI is InChI=1S/C24H22N4O4/c1-17(19-11-13-20(14-12-19)28(31)32)25-27-23(30)16-26(15-18-7-3-2-4-8-18)24(27)21-9-5-6-10-22(21)29/h2-14,24,29H,15-16H2,1H3/b25-17-/t24-/m0/s1. The van der Waals surface area contributed by atoms with Crippen LogP contribution < -0.4 is 0 Å². The molecule has 1 saturated heterocycles. The maximum absolute atomic E-state index is 13.0. The van der Waals surface area contributed by atoms with Crippen molar-refractivity contribution in [3.05, 3.63) is 106 Å². The van der Waals surface area contributed by atoms with Gasteiger partial charge in [0, 0.05) is 24.2 Å². The van der Waals surface area contributed by atoms with Crippen molar-refractivity contribution in [1.29, 1.82) is 0 Å². The first-order valence-electron chi connectivity index (χ1n) is 10.1. The number of non-ortho nitro benzene ring substituents is 1. The van der Waals surface area contributed by atoms with Crippen LogP contribution in [0.15, 0.2) is 84.0 Å². The number of phenolic OH excluding ortho intramolecular Hbond substituents is 1. The van der Waals surface area contributed by atoms with Gasteiger partial charge >= 0.3 is 0 Å². The highest BCUT2D eigenvalue weighted by atomic mass is 16.6. The number of rotatable bonds is 6. The summed E-state index contributed by atoms with van der Waals surface area (Å²) in [6.45, 7) is 2.40. The molecule has 0 unspecified atom stereocenters. The number of para-hydroxylation sites is 1. The number of hydrogen-bond donors (Lipinski definition) is 1. The second-order valence-corrected chi connectivity index (χ2v) is 7.55. The summed E-state index contributed by atoms with van der Waals surface area (Å²) in [6.07, 6.45) is -0.586. The van der Waals surface area contributed by atoms with Crippen molar-refractivity contribution in [2.75, 3.05) is 6.54 Å². The Morgan fingerprint density at radius 1 is 1.06 bits per heavy atom. The van der Waals surface area contributed by atoms with Crippen molar-refractivity contribution < 1.29 is 14.8 Å². The molecule has 0 spiro atoms. The molecule has 3 aromatic rings. The third-order valence-electron chi connectivity index (χ3n) is 5.37. The molecule has 32 heavy (non-hydrogen) atoms. The molecule has 1 heterocycles. The minimum absolute atomic E-state index is 0.0140. The summed E-state index contributed by atoms with van der Waals surface area (Å²) < 4.78 is 0. The second-order valence-electron chi connectivity index (χ2n) is 7.55. The average Bonchev–Trinajstić information content (AvgIpc) is 3.09. The van der Waals surface area contributed by atoms with Crippen LogP contribution in [0.4, 0.5) is 5.69 Å². The molecule has 0 bridgehead atoms. The Labute approximate surface area is 185 Å². The van der Waals surface area contributed by atoms with Gasteiger partial charge in [-0.25, -0.2) is 5.01 Å². The monoisotopic (exact) mass is 430 g/mol. The number of nitro benzene ring substituents is 1. The fourth-order valence-corrected chi connectivity index (χ4v) is 3.77. The summed E-state index contributed by atoms with van der Waals surface area (Å²) in [4.78, 5) is 25.4. The summed E-state index contributed by atoms with van der Waals surface area (Å²) in [5.74, 6) is -0.117. The number of nitro groups is 1. The van der Waals surface area contributed by atoms with Crippen molar-refractivity contribution >= 4 is 17.3 Å². The van der Waals surface area contributed by atoms with Gasteiger partial charge in [0.25, 0.3) is 11.6 Å². The van der Waals surface area contributed by atoms with E-state index < -0.39 is 11.1 Å². The molecule has 8 nitrogen and oxygen atoms in total. The Morgan fingerprint density at radius 3 is 2.38 bits per heavy atom. The van der Waals surface area contributed by atoms with E-state index in [1.54, 1.807) is 37.3 Å². The van der Waals surface area contributed by atoms with Crippen LogP contribution in [0.1, 0.15) is 29.8 Å². The Balaban J connectivity index is 1.70. The largest absolute Gasteiger partial charge is 0.508 e. The minimum Gasteiger partial charge on any atom is -0.508 e. The van der Waals surface area contributed by atoms with E-state index in [1.807, 2.05) is 41.3 Å². The fraction of sp³-hybridized carbons (Fsp3) is 0.167. The molecule has 1 atom stereocenters. The molecule has 0 saturated carbocycles. The van der Waals surface area contributed by atoms with Gasteiger partial charge in [0.1, 0.15) is 11.9 Å². The molecule has 1 aliphatic rings. The van der Waals surface area contributed by atoms with E-state index in [2.05, 4.69) is 5.10 Å². The zero-order valence-corrected chi connectivity index (χ0v) is 17.5. The number of carbonyl (C=O) groups excluding carboxylic acids is 1. The maximum atomic E-state index is 13.0. The van der Waals surface area contributed by atoms with Crippen LogP contribution in [0, 0.1) is 10.1 Å². The van der Waals surface area contributed by atoms with Crippen molar-refractivity contribution in [3.8, 4) is 5.75 Å².